The minimum atomic E-state index is -0.433. The first-order chi connectivity index (χ1) is 8.69. The Labute approximate surface area is 108 Å². The number of carbonyl (C=O) groups excluding carboxylic acids is 1. The van der Waals surface area contributed by atoms with E-state index in [1.807, 2.05) is 0 Å². The summed E-state index contributed by atoms with van der Waals surface area (Å²) in [6.07, 6.45) is 6.10. The van der Waals surface area contributed by atoms with Crippen LogP contribution in [0.15, 0.2) is 18.2 Å². The van der Waals surface area contributed by atoms with E-state index in [2.05, 4.69) is 6.92 Å². The van der Waals surface area contributed by atoms with Crippen molar-refractivity contribution in [3.05, 3.63) is 29.6 Å². The zero-order chi connectivity index (χ0) is 13.4. The Morgan fingerprint density at radius 3 is 2.61 bits per heavy atom. The summed E-state index contributed by atoms with van der Waals surface area (Å²) in [6, 6.07) is 4.28. The lowest BCUT2D eigenvalue weighted by Crippen LogP contribution is -2.00. The maximum Gasteiger partial charge on any atom is 0.165 e. The summed E-state index contributed by atoms with van der Waals surface area (Å²) in [7, 11) is 1.40. The highest BCUT2D eigenvalue weighted by Gasteiger charge is 2.09. The number of hydrogen-bond acceptors (Lipinski definition) is 2. The second-order valence-electron chi connectivity index (χ2n) is 4.44. The molecule has 1 rings (SSSR count). The van der Waals surface area contributed by atoms with Gasteiger partial charge in [0.25, 0.3) is 0 Å². The summed E-state index contributed by atoms with van der Waals surface area (Å²) in [6.45, 7) is 2.16. The van der Waals surface area contributed by atoms with Gasteiger partial charge in [0.1, 0.15) is 0 Å². The molecular weight excluding hydrogens is 231 g/mol. The number of unbranched alkanes of at least 4 members (excludes halogenated alkanes) is 4. The fourth-order valence-corrected chi connectivity index (χ4v) is 1.87. The van der Waals surface area contributed by atoms with Crippen molar-refractivity contribution in [3.8, 4) is 5.75 Å². The molecule has 18 heavy (non-hydrogen) atoms. The van der Waals surface area contributed by atoms with Crippen LogP contribution in [-0.4, -0.2) is 12.9 Å². The molecular formula is C15H21FO2. The number of methoxy groups -OCH3 is 1. The second kappa shape index (κ2) is 7.85. The van der Waals surface area contributed by atoms with Crippen LogP contribution < -0.4 is 4.74 Å². The lowest BCUT2D eigenvalue weighted by Gasteiger charge is -2.05. The Balaban J connectivity index is 2.46. The van der Waals surface area contributed by atoms with E-state index in [4.69, 9.17) is 4.74 Å². The molecule has 100 valence electrons. The maximum atomic E-state index is 13.2. The molecule has 0 aliphatic heterocycles. The third-order valence-electron chi connectivity index (χ3n) is 2.98. The average Bonchev–Trinajstić information content (AvgIpc) is 2.38. The van der Waals surface area contributed by atoms with Gasteiger partial charge in [-0.2, -0.15) is 0 Å². The van der Waals surface area contributed by atoms with Crippen molar-refractivity contribution < 1.29 is 13.9 Å². The van der Waals surface area contributed by atoms with Gasteiger partial charge in [-0.3, -0.25) is 4.79 Å². The van der Waals surface area contributed by atoms with Crippen LogP contribution in [0.25, 0.3) is 0 Å². The van der Waals surface area contributed by atoms with E-state index in [-0.39, 0.29) is 11.5 Å². The Hall–Kier alpha value is -1.38. The molecule has 1 aromatic carbocycles. The summed E-state index contributed by atoms with van der Waals surface area (Å²) < 4.78 is 18.1. The molecule has 0 radical (unpaired) electrons. The molecule has 0 amide bonds. The quantitative estimate of drug-likeness (QED) is 0.507. The van der Waals surface area contributed by atoms with E-state index >= 15 is 0 Å². The highest BCUT2D eigenvalue weighted by atomic mass is 19.1. The lowest BCUT2D eigenvalue weighted by molar-refractivity contribution is 0.0978. The fourth-order valence-electron chi connectivity index (χ4n) is 1.87. The number of ketones is 1. The zero-order valence-electron chi connectivity index (χ0n) is 11.2. The van der Waals surface area contributed by atoms with Crippen molar-refractivity contribution in [2.45, 2.75) is 45.4 Å². The monoisotopic (exact) mass is 252 g/mol. The van der Waals surface area contributed by atoms with E-state index in [1.165, 1.54) is 44.6 Å². The van der Waals surface area contributed by atoms with E-state index in [9.17, 15) is 9.18 Å². The van der Waals surface area contributed by atoms with Crippen molar-refractivity contribution >= 4 is 5.78 Å². The van der Waals surface area contributed by atoms with E-state index in [0.717, 1.165) is 12.8 Å². The molecule has 0 bridgehead atoms. The van der Waals surface area contributed by atoms with Crippen LogP contribution >= 0.6 is 0 Å². The van der Waals surface area contributed by atoms with Crippen LogP contribution in [0.3, 0.4) is 0 Å². The molecule has 0 aliphatic carbocycles. The molecule has 0 N–H and O–H groups in total. The SMILES string of the molecule is CCCCCCCC(=O)c1ccc(F)c(OC)c1. The fraction of sp³-hybridized carbons (Fsp3) is 0.533. The van der Waals surface area contributed by atoms with Gasteiger partial charge in [0.05, 0.1) is 7.11 Å². The smallest absolute Gasteiger partial charge is 0.165 e. The summed E-state index contributed by atoms with van der Waals surface area (Å²) in [4.78, 5) is 11.9. The first-order valence-electron chi connectivity index (χ1n) is 6.55. The minimum absolute atomic E-state index is 0.0600. The van der Waals surface area contributed by atoms with Crippen LogP contribution in [0.2, 0.25) is 0 Å². The lowest BCUT2D eigenvalue weighted by atomic mass is 10.0. The van der Waals surface area contributed by atoms with Gasteiger partial charge in [0.15, 0.2) is 17.3 Å². The highest BCUT2D eigenvalue weighted by Crippen LogP contribution is 2.20. The summed E-state index contributed by atoms with van der Waals surface area (Å²) in [5.74, 6) is -0.242. The largest absolute Gasteiger partial charge is 0.494 e. The van der Waals surface area contributed by atoms with Gasteiger partial charge in [0.2, 0.25) is 0 Å². The van der Waals surface area contributed by atoms with Gasteiger partial charge < -0.3 is 4.74 Å². The van der Waals surface area contributed by atoms with Crippen LogP contribution in [0.4, 0.5) is 4.39 Å². The third kappa shape index (κ3) is 4.47. The zero-order valence-corrected chi connectivity index (χ0v) is 11.2. The number of carbonyl (C=O) groups is 1. The Kier molecular flexibility index (Phi) is 6.40. The summed E-state index contributed by atoms with van der Waals surface area (Å²) >= 11 is 0. The van der Waals surface area contributed by atoms with Crippen molar-refractivity contribution in [3.63, 3.8) is 0 Å². The number of ether oxygens (including phenoxy) is 1. The molecule has 0 fully saturated rings. The first-order valence-corrected chi connectivity index (χ1v) is 6.55. The van der Waals surface area contributed by atoms with E-state index < -0.39 is 5.82 Å². The van der Waals surface area contributed by atoms with Crippen molar-refractivity contribution in [1.82, 2.24) is 0 Å². The van der Waals surface area contributed by atoms with Crippen LogP contribution in [0, 0.1) is 5.82 Å². The van der Waals surface area contributed by atoms with Crippen LogP contribution in [-0.2, 0) is 0 Å². The molecule has 2 nitrogen and oxygen atoms in total. The summed E-state index contributed by atoms with van der Waals surface area (Å²) in [5, 5.41) is 0. The van der Waals surface area contributed by atoms with E-state index in [1.54, 1.807) is 0 Å². The first kappa shape index (κ1) is 14.7. The molecule has 3 heteroatoms. The topological polar surface area (TPSA) is 26.3 Å². The predicted molar refractivity (Wildman–Crippen MR) is 70.7 cm³/mol. The Bertz CT molecular complexity index is 388. The average molecular weight is 252 g/mol. The van der Waals surface area contributed by atoms with Gasteiger partial charge >= 0.3 is 0 Å². The van der Waals surface area contributed by atoms with E-state index in [0.29, 0.717) is 12.0 Å². The van der Waals surface area contributed by atoms with Crippen molar-refractivity contribution in [1.29, 1.82) is 0 Å². The molecule has 0 aliphatic rings. The standard InChI is InChI=1S/C15H21FO2/c1-3-4-5-6-7-8-14(17)12-9-10-13(16)15(11-12)18-2/h9-11H,3-8H2,1-2H3. The predicted octanol–water partition coefficient (Wildman–Crippen LogP) is 4.38. The molecule has 0 heterocycles. The number of benzene rings is 1. The third-order valence-corrected chi connectivity index (χ3v) is 2.98. The normalized spacial score (nSPS) is 10.4. The minimum Gasteiger partial charge on any atom is -0.494 e. The molecule has 0 spiro atoms. The molecule has 0 atom stereocenters. The Morgan fingerprint density at radius 2 is 1.94 bits per heavy atom. The van der Waals surface area contributed by atoms with Gasteiger partial charge in [-0.25, -0.2) is 4.39 Å². The number of hydrogen-bond donors (Lipinski definition) is 0. The number of rotatable bonds is 8. The molecule has 1 aromatic rings. The van der Waals surface area contributed by atoms with Gasteiger partial charge in [0, 0.05) is 12.0 Å². The number of halogens is 1. The summed E-state index contributed by atoms with van der Waals surface area (Å²) in [5.41, 5.74) is 0.531. The molecule has 0 unspecified atom stereocenters. The van der Waals surface area contributed by atoms with Crippen LogP contribution in [0.1, 0.15) is 55.8 Å². The van der Waals surface area contributed by atoms with Crippen molar-refractivity contribution in [2.24, 2.45) is 0 Å². The molecule has 0 saturated carbocycles. The Morgan fingerprint density at radius 1 is 1.22 bits per heavy atom. The van der Waals surface area contributed by atoms with Gasteiger partial charge in [-0.1, -0.05) is 32.6 Å². The maximum absolute atomic E-state index is 13.2. The number of Topliss-reactive ketones (excluding diaryl/α,β-unsaturated/α-hetero) is 1. The second-order valence-corrected chi connectivity index (χ2v) is 4.44. The molecule has 0 saturated heterocycles. The van der Waals surface area contributed by atoms with Crippen molar-refractivity contribution in [2.75, 3.05) is 7.11 Å². The van der Waals surface area contributed by atoms with Gasteiger partial charge in [-0.15, -0.1) is 0 Å². The van der Waals surface area contributed by atoms with Gasteiger partial charge in [-0.05, 0) is 24.6 Å². The molecule has 0 aromatic heterocycles. The van der Waals surface area contributed by atoms with Crippen LogP contribution in [0.5, 0.6) is 5.75 Å². The highest BCUT2D eigenvalue weighted by molar-refractivity contribution is 5.96.